The first-order valence-electron chi connectivity index (χ1n) is 8.12. The van der Waals surface area contributed by atoms with Gasteiger partial charge in [-0.25, -0.2) is 4.79 Å². The van der Waals surface area contributed by atoms with E-state index in [1.54, 1.807) is 4.90 Å². The summed E-state index contributed by atoms with van der Waals surface area (Å²) in [6.07, 6.45) is 1.66. The second-order valence-electron chi connectivity index (χ2n) is 7.08. The van der Waals surface area contributed by atoms with Crippen LogP contribution in [0, 0.1) is 0 Å². The zero-order valence-corrected chi connectivity index (χ0v) is 14.1. The molecule has 122 valence electrons. The highest BCUT2D eigenvalue weighted by atomic mass is 16.6. The molecule has 1 fully saturated rings. The van der Waals surface area contributed by atoms with Crippen molar-refractivity contribution in [3.63, 3.8) is 0 Å². The van der Waals surface area contributed by atoms with Gasteiger partial charge in [-0.05, 0) is 44.7 Å². The Labute approximate surface area is 133 Å². The zero-order chi connectivity index (χ0) is 16.3. The smallest absolute Gasteiger partial charge is 0.410 e. The molecule has 0 aromatic heterocycles. The van der Waals surface area contributed by atoms with Crippen LogP contribution in [-0.4, -0.2) is 35.7 Å². The molecule has 0 spiro atoms. The molecule has 0 aliphatic carbocycles. The molecule has 4 nitrogen and oxygen atoms in total. The van der Waals surface area contributed by atoms with Crippen molar-refractivity contribution in [3.05, 3.63) is 35.4 Å². The Morgan fingerprint density at radius 3 is 2.45 bits per heavy atom. The summed E-state index contributed by atoms with van der Waals surface area (Å²) < 4.78 is 5.43. The monoisotopic (exact) mass is 304 g/mol. The molecule has 2 N–H and O–H groups in total. The van der Waals surface area contributed by atoms with E-state index in [1.165, 1.54) is 11.1 Å². The van der Waals surface area contributed by atoms with Crippen molar-refractivity contribution >= 4 is 6.09 Å². The van der Waals surface area contributed by atoms with Crippen LogP contribution < -0.4 is 5.73 Å². The number of piperidine rings is 1. The summed E-state index contributed by atoms with van der Waals surface area (Å²) in [4.78, 5) is 13.9. The summed E-state index contributed by atoms with van der Waals surface area (Å²) in [7, 11) is 0. The molecule has 0 radical (unpaired) electrons. The number of likely N-dealkylation sites (tertiary alicyclic amines) is 1. The standard InChI is InChI=1S/C18H28N2O2/c1-5-13-6-8-14(9-7-13)15-10-11-20(12-16(15)19)17(21)22-18(2,3)4/h6-9,15-16H,5,10-12,19H2,1-4H3/t15-,16-/m1/s1. The van der Waals surface area contributed by atoms with Crippen LogP contribution in [0.3, 0.4) is 0 Å². The van der Waals surface area contributed by atoms with Crippen LogP contribution in [0.1, 0.15) is 51.2 Å². The minimum absolute atomic E-state index is 0.0475. The molecule has 1 aromatic rings. The van der Waals surface area contributed by atoms with Gasteiger partial charge in [-0.1, -0.05) is 31.2 Å². The maximum atomic E-state index is 12.1. The normalized spacial score (nSPS) is 22.5. The average Bonchev–Trinajstić information content (AvgIpc) is 2.45. The van der Waals surface area contributed by atoms with Gasteiger partial charge < -0.3 is 15.4 Å². The Morgan fingerprint density at radius 2 is 1.95 bits per heavy atom. The number of hydrogen-bond donors (Lipinski definition) is 1. The fourth-order valence-corrected chi connectivity index (χ4v) is 2.89. The number of nitrogens with zero attached hydrogens (tertiary/aromatic N) is 1. The number of nitrogens with two attached hydrogens (primary N) is 1. The van der Waals surface area contributed by atoms with Crippen LogP contribution in [-0.2, 0) is 11.2 Å². The number of carbonyl (C=O) groups excluding carboxylic acids is 1. The van der Waals surface area contributed by atoms with Crippen LogP contribution in [0.2, 0.25) is 0 Å². The van der Waals surface area contributed by atoms with Gasteiger partial charge in [0.2, 0.25) is 0 Å². The van der Waals surface area contributed by atoms with Gasteiger partial charge in [0.15, 0.2) is 0 Å². The van der Waals surface area contributed by atoms with E-state index in [1.807, 2.05) is 20.8 Å². The van der Waals surface area contributed by atoms with Gasteiger partial charge in [0.1, 0.15) is 5.60 Å². The van der Waals surface area contributed by atoms with Crippen molar-refractivity contribution in [3.8, 4) is 0 Å². The van der Waals surface area contributed by atoms with Crippen LogP contribution in [0.4, 0.5) is 4.79 Å². The van der Waals surface area contributed by atoms with Crippen molar-refractivity contribution in [1.29, 1.82) is 0 Å². The predicted octanol–water partition coefficient (Wildman–Crippen LogP) is 3.30. The number of aryl methyl sites for hydroxylation is 1. The molecule has 2 rings (SSSR count). The third-order valence-corrected chi connectivity index (χ3v) is 4.13. The molecular weight excluding hydrogens is 276 g/mol. The number of ether oxygens (including phenoxy) is 1. The molecule has 0 unspecified atom stereocenters. The molecule has 2 atom stereocenters. The number of amides is 1. The molecule has 0 saturated carbocycles. The third kappa shape index (κ3) is 4.23. The van der Waals surface area contributed by atoms with Gasteiger partial charge in [0.25, 0.3) is 0 Å². The number of benzene rings is 1. The Kier molecular flexibility index (Phi) is 5.12. The second-order valence-corrected chi connectivity index (χ2v) is 7.08. The summed E-state index contributed by atoms with van der Waals surface area (Å²) >= 11 is 0. The fourth-order valence-electron chi connectivity index (χ4n) is 2.89. The highest BCUT2D eigenvalue weighted by Gasteiger charge is 2.32. The fraction of sp³-hybridized carbons (Fsp3) is 0.611. The van der Waals surface area contributed by atoms with Gasteiger partial charge in [-0.15, -0.1) is 0 Å². The Bertz CT molecular complexity index is 505. The number of hydrogen-bond acceptors (Lipinski definition) is 3. The van der Waals surface area contributed by atoms with Gasteiger partial charge in [-0.2, -0.15) is 0 Å². The van der Waals surface area contributed by atoms with Crippen LogP contribution >= 0.6 is 0 Å². The first kappa shape index (κ1) is 16.8. The van der Waals surface area contributed by atoms with E-state index >= 15 is 0 Å². The highest BCUT2D eigenvalue weighted by Crippen LogP contribution is 2.28. The molecule has 1 aliphatic rings. The lowest BCUT2D eigenvalue weighted by molar-refractivity contribution is 0.0186. The molecular formula is C18H28N2O2. The third-order valence-electron chi connectivity index (χ3n) is 4.13. The molecule has 1 aliphatic heterocycles. The topological polar surface area (TPSA) is 55.6 Å². The first-order valence-corrected chi connectivity index (χ1v) is 8.12. The van der Waals surface area contributed by atoms with E-state index in [4.69, 9.17) is 10.5 Å². The number of carbonyl (C=O) groups is 1. The molecule has 4 heteroatoms. The Balaban J connectivity index is 1.98. The van der Waals surface area contributed by atoms with Crippen molar-refractivity contribution in [2.24, 2.45) is 5.73 Å². The van der Waals surface area contributed by atoms with Crippen LogP contribution in [0.25, 0.3) is 0 Å². The molecule has 1 heterocycles. The predicted molar refractivity (Wildman–Crippen MR) is 89.0 cm³/mol. The van der Waals surface area contributed by atoms with Crippen LogP contribution in [0.15, 0.2) is 24.3 Å². The molecule has 22 heavy (non-hydrogen) atoms. The summed E-state index contributed by atoms with van der Waals surface area (Å²) in [5, 5.41) is 0. The lowest BCUT2D eigenvalue weighted by atomic mass is 9.85. The minimum atomic E-state index is -0.464. The van der Waals surface area contributed by atoms with Gasteiger partial charge in [0.05, 0.1) is 0 Å². The maximum Gasteiger partial charge on any atom is 0.410 e. The largest absolute Gasteiger partial charge is 0.444 e. The minimum Gasteiger partial charge on any atom is -0.444 e. The Hall–Kier alpha value is -1.55. The lowest BCUT2D eigenvalue weighted by Crippen LogP contribution is -2.50. The van der Waals surface area contributed by atoms with E-state index < -0.39 is 5.60 Å². The maximum absolute atomic E-state index is 12.1. The zero-order valence-electron chi connectivity index (χ0n) is 14.1. The van der Waals surface area contributed by atoms with Gasteiger partial charge in [0, 0.05) is 25.0 Å². The van der Waals surface area contributed by atoms with E-state index in [-0.39, 0.29) is 12.1 Å². The summed E-state index contributed by atoms with van der Waals surface area (Å²) in [5.41, 5.74) is 8.47. The van der Waals surface area contributed by atoms with Gasteiger partial charge in [-0.3, -0.25) is 0 Å². The van der Waals surface area contributed by atoms with E-state index in [0.717, 1.165) is 12.8 Å². The molecule has 1 saturated heterocycles. The van der Waals surface area contributed by atoms with Crippen molar-refractivity contribution in [2.75, 3.05) is 13.1 Å². The van der Waals surface area contributed by atoms with Gasteiger partial charge >= 0.3 is 6.09 Å². The van der Waals surface area contributed by atoms with Crippen molar-refractivity contribution < 1.29 is 9.53 Å². The van der Waals surface area contributed by atoms with Crippen LogP contribution in [0.5, 0.6) is 0 Å². The summed E-state index contributed by atoms with van der Waals surface area (Å²) in [6, 6.07) is 8.64. The molecule has 1 aromatic carbocycles. The summed E-state index contributed by atoms with van der Waals surface area (Å²) in [5.74, 6) is 0.310. The Morgan fingerprint density at radius 1 is 1.32 bits per heavy atom. The van der Waals surface area contributed by atoms with E-state index in [2.05, 4.69) is 31.2 Å². The lowest BCUT2D eigenvalue weighted by Gasteiger charge is -2.37. The number of rotatable bonds is 2. The van der Waals surface area contributed by atoms with E-state index in [9.17, 15) is 4.79 Å². The highest BCUT2D eigenvalue weighted by molar-refractivity contribution is 5.68. The summed E-state index contributed by atoms with van der Waals surface area (Å²) in [6.45, 7) is 9.05. The average molecular weight is 304 g/mol. The SMILES string of the molecule is CCc1ccc([C@H]2CCN(C(=O)OC(C)(C)C)C[C@H]2N)cc1. The quantitative estimate of drug-likeness (QED) is 0.912. The van der Waals surface area contributed by atoms with Crippen molar-refractivity contribution in [1.82, 2.24) is 4.90 Å². The van der Waals surface area contributed by atoms with E-state index in [0.29, 0.717) is 19.0 Å². The molecule has 0 bridgehead atoms. The first-order chi connectivity index (χ1) is 10.3. The molecule has 1 amide bonds. The second kappa shape index (κ2) is 6.69. The van der Waals surface area contributed by atoms with Crippen molar-refractivity contribution in [2.45, 2.75) is 58.1 Å².